The van der Waals surface area contributed by atoms with Crippen molar-refractivity contribution in [3.63, 3.8) is 0 Å². The first kappa shape index (κ1) is 46.6. The molecule has 7 aromatic rings. The average molecular weight is 991 g/mol. The summed E-state index contributed by atoms with van der Waals surface area (Å²) in [7, 11) is 0. The molecule has 2 heterocycles. The van der Waals surface area contributed by atoms with Crippen LogP contribution in [0.15, 0.2) is 124 Å². The van der Waals surface area contributed by atoms with Gasteiger partial charge in [0.15, 0.2) is 6.29 Å². The Morgan fingerprint density at radius 1 is 0.969 bits per heavy atom. The molecule has 0 radical (unpaired) electrons. The maximum atomic E-state index is 12.8. The third-order valence-electron chi connectivity index (χ3n) is 11.0. The van der Waals surface area contributed by atoms with Gasteiger partial charge in [0.2, 0.25) is 5.13 Å². The highest BCUT2D eigenvalue weighted by Gasteiger charge is 2.49. The zero-order valence-electron chi connectivity index (χ0n) is 37.2. The number of hydrogen-bond acceptors (Lipinski definition) is 12. The number of benzene rings is 6. The van der Waals surface area contributed by atoms with Crippen LogP contribution in [-0.2, 0) is 20.9 Å². The summed E-state index contributed by atoms with van der Waals surface area (Å²) >= 11 is 9.07. The monoisotopic (exact) mass is 989 g/mol. The standard InChI is InChI=1S/C52H52BrN3O6S3/c1-7-47(57)61-44-29-37(31-54-56(23-11-26-64-8-2)51-55-42-13-9-10-14-45(42)65-51)48(41-27-33(3)46(63-6)30-40(41)44)36-17-21-39-35(28-36)18-22-43(49(39)53)60-32-34-15-19-38(20-16-34)58-24-12-25-59-50-52(4,5)62-50/h7,9-10,13-22,27-31,50H,1,8,11-12,23-26,32H2,2-6H3/b54-31+. The normalized spacial score (nSPS) is 14.3. The van der Waals surface area contributed by atoms with E-state index < -0.39 is 5.97 Å². The Morgan fingerprint density at radius 2 is 1.78 bits per heavy atom. The molecule has 1 saturated heterocycles. The van der Waals surface area contributed by atoms with Gasteiger partial charge in [-0.1, -0.05) is 67.3 Å². The van der Waals surface area contributed by atoms with Gasteiger partial charge >= 0.3 is 5.97 Å². The smallest absolute Gasteiger partial charge is 0.335 e. The number of nitrogens with zero attached hydrogens (tertiary/aromatic N) is 3. The Kier molecular flexibility index (Phi) is 15.2. The van der Waals surface area contributed by atoms with E-state index in [1.807, 2.05) is 91.4 Å². The first-order valence-corrected chi connectivity index (χ1v) is 25.6. The number of esters is 1. The van der Waals surface area contributed by atoms with Gasteiger partial charge in [-0.25, -0.2) is 14.8 Å². The lowest BCUT2D eigenvalue weighted by molar-refractivity contribution is -0.128. The van der Waals surface area contributed by atoms with Gasteiger partial charge in [0.25, 0.3) is 0 Å². The molecule has 1 aliphatic heterocycles. The minimum atomic E-state index is -0.529. The molecule has 0 bridgehead atoms. The summed E-state index contributed by atoms with van der Waals surface area (Å²) in [5.41, 5.74) is 5.68. The highest BCUT2D eigenvalue weighted by Crippen LogP contribution is 2.43. The third-order valence-corrected chi connectivity index (χ3v) is 14.7. The van der Waals surface area contributed by atoms with E-state index >= 15 is 0 Å². The van der Waals surface area contributed by atoms with Crippen LogP contribution in [0, 0.1) is 6.92 Å². The number of rotatable bonds is 21. The van der Waals surface area contributed by atoms with Crippen molar-refractivity contribution in [2.75, 3.05) is 42.5 Å². The maximum Gasteiger partial charge on any atom is 0.335 e. The molecule has 6 aromatic carbocycles. The minimum Gasteiger partial charge on any atom is -0.494 e. The number of hydrazone groups is 1. The maximum absolute atomic E-state index is 12.8. The fourth-order valence-electron chi connectivity index (χ4n) is 7.49. The van der Waals surface area contributed by atoms with Crippen LogP contribution in [0.2, 0.25) is 0 Å². The Morgan fingerprint density at radius 3 is 2.54 bits per heavy atom. The lowest BCUT2D eigenvalue weighted by Crippen LogP contribution is -2.18. The van der Waals surface area contributed by atoms with Crippen LogP contribution in [0.5, 0.6) is 17.2 Å². The Balaban J connectivity index is 1.09. The largest absolute Gasteiger partial charge is 0.494 e. The average Bonchev–Trinajstić information content (AvgIpc) is 3.69. The SMILES string of the molecule is C=CC(=O)Oc1cc(/C=N/N(CCCSCC)c2nc3ccccc3s2)c(-c2ccc3c(Br)c(OCc4ccc(OCCCOC5OC5(C)C)cc4)ccc3c2)c2cc(C)c(SC)cc12. The number of thioether (sulfide) groups is 2. The number of fused-ring (bicyclic) bond motifs is 3. The molecule has 1 aromatic heterocycles. The van der Waals surface area contributed by atoms with E-state index in [1.165, 1.54) is 6.08 Å². The zero-order chi connectivity index (χ0) is 45.5. The Labute approximate surface area is 401 Å². The van der Waals surface area contributed by atoms with E-state index in [1.54, 1.807) is 23.1 Å². The van der Waals surface area contributed by atoms with Gasteiger partial charge in [0.1, 0.15) is 29.5 Å². The molecule has 0 spiro atoms. The van der Waals surface area contributed by atoms with Crippen molar-refractivity contribution in [1.29, 1.82) is 0 Å². The quantitative estimate of drug-likeness (QED) is 0.0101. The molecule has 1 aliphatic rings. The molecule has 0 N–H and O–H groups in total. The first-order chi connectivity index (χ1) is 31.5. The molecule has 1 fully saturated rings. The predicted molar refractivity (Wildman–Crippen MR) is 275 cm³/mol. The second-order valence-corrected chi connectivity index (χ2v) is 20.1. The van der Waals surface area contributed by atoms with Gasteiger partial charge in [-0.15, -0.1) is 11.8 Å². The number of carbonyl (C=O) groups is 1. The van der Waals surface area contributed by atoms with E-state index in [4.69, 9.17) is 33.8 Å². The summed E-state index contributed by atoms with van der Waals surface area (Å²) in [5.74, 6) is 3.54. The molecule has 336 valence electrons. The summed E-state index contributed by atoms with van der Waals surface area (Å²) in [6.07, 6.45) is 6.74. The summed E-state index contributed by atoms with van der Waals surface area (Å²) in [6.45, 7) is 14.3. The zero-order valence-corrected chi connectivity index (χ0v) is 41.3. The lowest BCUT2D eigenvalue weighted by atomic mass is 9.91. The van der Waals surface area contributed by atoms with Crippen molar-refractivity contribution in [1.82, 2.24) is 4.98 Å². The van der Waals surface area contributed by atoms with Crippen LogP contribution in [0.25, 0.3) is 42.9 Å². The second-order valence-electron chi connectivity index (χ2n) is 16.1. The number of hydrogen-bond donors (Lipinski definition) is 0. The number of epoxide rings is 1. The molecular formula is C52H52BrN3O6S3. The fourth-order valence-corrected chi connectivity index (χ4v) is 10.3. The number of halogens is 1. The van der Waals surface area contributed by atoms with Crippen LogP contribution in [0.3, 0.4) is 0 Å². The van der Waals surface area contributed by atoms with Gasteiger partial charge in [-0.05, 0) is 154 Å². The number of thiazole rings is 1. The van der Waals surface area contributed by atoms with Gasteiger partial charge < -0.3 is 23.7 Å². The predicted octanol–water partition coefficient (Wildman–Crippen LogP) is 13.6. The van der Waals surface area contributed by atoms with E-state index in [0.717, 1.165) is 110 Å². The fraction of sp³-hybridized carbons (Fsp3) is 0.288. The number of carbonyl (C=O) groups excluding carboxylic acids is 1. The summed E-state index contributed by atoms with van der Waals surface area (Å²) in [4.78, 5) is 18.9. The molecule has 8 rings (SSSR count). The van der Waals surface area contributed by atoms with Crippen molar-refractivity contribution < 1.29 is 28.5 Å². The van der Waals surface area contributed by atoms with Crippen LogP contribution >= 0.6 is 50.8 Å². The second kappa shape index (κ2) is 21.2. The van der Waals surface area contributed by atoms with Crippen LogP contribution in [0.1, 0.15) is 50.3 Å². The van der Waals surface area contributed by atoms with Crippen LogP contribution in [0.4, 0.5) is 5.13 Å². The van der Waals surface area contributed by atoms with E-state index in [0.29, 0.717) is 32.1 Å². The topological polar surface area (TPSA) is 95.0 Å². The summed E-state index contributed by atoms with van der Waals surface area (Å²) < 4.78 is 31.4. The van der Waals surface area contributed by atoms with Gasteiger partial charge in [0, 0.05) is 34.9 Å². The van der Waals surface area contributed by atoms with Crippen LogP contribution < -0.4 is 19.2 Å². The highest BCUT2D eigenvalue weighted by molar-refractivity contribution is 9.10. The van der Waals surface area contributed by atoms with E-state index in [2.05, 4.69) is 85.1 Å². The van der Waals surface area contributed by atoms with Crippen molar-refractivity contribution in [3.05, 3.63) is 131 Å². The molecule has 1 atom stereocenters. The third kappa shape index (κ3) is 11.2. The molecule has 9 nitrogen and oxygen atoms in total. The van der Waals surface area contributed by atoms with Crippen LogP contribution in [-0.4, -0.2) is 66.6 Å². The van der Waals surface area contributed by atoms with E-state index in [9.17, 15) is 4.79 Å². The van der Waals surface area contributed by atoms with Gasteiger partial charge in [0.05, 0.1) is 34.1 Å². The van der Waals surface area contributed by atoms with Crippen molar-refractivity contribution in [2.45, 2.75) is 63.9 Å². The molecule has 0 saturated carbocycles. The van der Waals surface area contributed by atoms with Crippen molar-refractivity contribution >= 4 is 99.9 Å². The number of anilines is 1. The molecule has 0 aliphatic carbocycles. The van der Waals surface area contributed by atoms with E-state index in [-0.39, 0.29) is 11.9 Å². The first-order valence-electron chi connectivity index (χ1n) is 21.7. The lowest BCUT2D eigenvalue weighted by Gasteiger charge is -2.19. The minimum absolute atomic E-state index is 0.112. The molecule has 0 amide bonds. The Bertz CT molecular complexity index is 2830. The number of aryl methyl sites for hydroxylation is 1. The molecule has 13 heteroatoms. The van der Waals surface area contributed by atoms with Gasteiger partial charge in [-0.3, -0.25) is 0 Å². The number of ether oxygens (including phenoxy) is 5. The molecule has 1 unspecified atom stereocenters. The van der Waals surface area contributed by atoms with Crippen molar-refractivity contribution in [3.8, 4) is 28.4 Å². The van der Waals surface area contributed by atoms with Gasteiger partial charge in [-0.2, -0.15) is 16.9 Å². The molecular weight excluding hydrogens is 939 g/mol. The summed E-state index contributed by atoms with van der Waals surface area (Å²) in [5, 5.41) is 11.8. The van der Waals surface area contributed by atoms with Crippen molar-refractivity contribution in [2.24, 2.45) is 5.10 Å². The molecule has 65 heavy (non-hydrogen) atoms. The Hall–Kier alpha value is -4.89. The number of aromatic nitrogens is 1. The summed E-state index contributed by atoms with van der Waals surface area (Å²) in [6, 6.07) is 32.9. The highest BCUT2D eigenvalue weighted by atomic mass is 79.9. The number of para-hydroxylation sites is 1.